The minimum absolute atomic E-state index is 0.263. The zero-order chi connectivity index (χ0) is 12.4. The maximum absolute atomic E-state index is 12.6. The average molecular weight is 230 g/mol. The van der Waals surface area contributed by atoms with Gasteiger partial charge in [0.15, 0.2) is 5.78 Å². The van der Waals surface area contributed by atoms with Gasteiger partial charge in [0.25, 0.3) is 0 Å². The lowest BCUT2D eigenvalue weighted by Gasteiger charge is -2.26. The zero-order valence-corrected chi connectivity index (χ0v) is 11.1. The van der Waals surface area contributed by atoms with Crippen LogP contribution in [-0.2, 0) is 0 Å². The summed E-state index contributed by atoms with van der Waals surface area (Å²) in [5, 5.41) is 0. The van der Waals surface area contributed by atoms with Crippen LogP contribution in [0.15, 0.2) is 18.2 Å². The van der Waals surface area contributed by atoms with E-state index in [4.69, 9.17) is 0 Å². The van der Waals surface area contributed by atoms with Crippen LogP contribution in [-0.4, -0.2) is 5.78 Å². The van der Waals surface area contributed by atoms with Crippen molar-refractivity contribution in [1.82, 2.24) is 0 Å². The summed E-state index contributed by atoms with van der Waals surface area (Å²) in [4.78, 5) is 12.6. The second kappa shape index (κ2) is 5.03. The van der Waals surface area contributed by atoms with Crippen molar-refractivity contribution in [1.29, 1.82) is 0 Å². The highest BCUT2D eigenvalue weighted by atomic mass is 16.1. The molecule has 0 aliphatic heterocycles. The standard InChI is InChI=1S/C16H22O/c1-11-6-4-9-14(10-11)16(17)15-12(2)7-5-8-13(15)3/h5,7-8,11,14H,4,6,9-10H2,1-3H3. The molecule has 1 fully saturated rings. The number of ketones is 1. The molecule has 1 aromatic rings. The number of rotatable bonds is 2. The van der Waals surface area contributed by atoms with Gasteiger partial charge in [-0.2, -0.15) is 0 Å². The van der Waals surface area contributed by atoms with Gasteiger partial charge >= 0.3 is 0 Å². The van der Waals surface area contributed by atoms with Gasteiger partial charge in [-0.15, -0.1) is 0 Å². The van der Waals surface area contributed by atoms with Gasteiger partial charge in [0.1, 0.15) is 0 Å². The molecule has 1 aromatic carbocycles. The van der Waals surface area contributed by atoms with E-state index in [1.165, 1.54) is 12.8 Å². The van der Waals surface area contributed by atoms with Crippen molar-refractivity contribution in [2.24, 2.45) is 11.8 Å². The maximum atomic E-state index is 12.6. The highest BCUT2D eigenvalue weighted by molar-refractivity contribution is 6.00. The fourth-order valence-electron chi connectivity index (χ4n) is 3.08. The van der Waals surface area contributed by atoms with Gasteiger partial charge in [-0.1, -0.05) is 38.0 Å². The Morgan fingerprint density at radius 1 is 1.18 bits per heavy atom. The van der Waals surface area contributed by atoms with Crippen molar-refractivity contribution >= 4 is 5.78 Å². The Balaban J connectivity index is 2.24. The Bertz CT molecular complexity index is 399. The summed E-state index contributed by atoms with van der Waals surface area (Å²) in [5.74, 6) is 1.35. The van der Waals surface area contributed by atoms with Crippen molar-refractivity contribution in [2.75, 3.05) is 0 Å². The number of benzene rings is 1. The molecule has 0 spiro atoms. The van der Waals surface area contributed by atoms with Crippen LogP contribution in [0.2, 0.25) is 0 Å². The molecule has 0 saturated heterocycles. The van der Waals surface area contributed by atoms with Crippen LogP contribution in [0.25, 0.3) is 0 Å². The predicted molar refractivity (Wildman–Crippen MR) is 71.4 cm³/mol. The molecular weight excluding hydrogens is 208 g/mol. The summed E-state index contributed by atoms with van der Waals surface area (Å²) >= 11 is 0. The zero-order valence-electron chi connectivity index (χ0n) is 11.1. The molecular formula is C16H22O. The smallest absolute Gasteiger partial charge is 0.166 e. The molecule has 17 heavy (non-hydrogen) atoms. The molecule has 1 nitrogen and oxygen atoms in total. The van der Waals surface area contributed by atoms with Crippen LogP contribution in [0.4, 0.5) is 0 Å². The largest absolute Gasteiger partial charge is 0.294 e. The second-order valence-corrected chi connectivity index (χ2v) is 5.60. The number of hydrogen-bond acceptors (Lipinski definition) is 1. The van der Waals surface area contributed by atoms with E-state index in [0.717, 1.165) is 29.5 Å². The summed E-state index contributed by atoms with van der Waals surface area (Å²) in [6.45, 7) is 6.36. The highest BCUT2D eigenvalue weighted by Gasteiger charge is 2.27. The molecule has 0 aromatic heterocycles. The predicted octanol–water partition coefficient (Wildman–Crippen LogP) is 4.31. The first-order chi connectivity index (χ1) is 8.09. The normalized spacial score (nSPS) is 24.6. The maximum Gasteiger partial charge on any atom is 0.166 e. The molecule has 0 bridgehead atoms. The van der Waals surface area contributed by atoms with Gasteiger partial charge in [0.05, 0.1) is 0 Å². The first kappa shape index (κ1) is 12.3. The van der Waals surface area contributed by atoms with Gasteiger partial charge in [-0.05, 0) is 43.7 Å². The number of aryl methyl sites for hydroxylation is 2. The fraction of sp³-hybridized carbons (Fsp3) is 0.562. The van der Waals surface area contributed by atoms with E-state index in [1.54, 1.807) is 0 Å². The van der Waals surface area contributed by atoms with Crippen LogP contribution >= 0.6 is 0 Å². The molecule has 0 heterocycles. The molecule has 1 saturated carbocycles. The third-order valence-corrected chi connectivity index (χ3v) is 4.03. The lowest BCUT2D eigenvalue weighted by molar-refractivity contribution is 0.0867. The van der Waals surface area contributed by atoms with E-state index in [1.807, 2.05) is 32.0 Å². The van der Waals surface area contributed by atoms with E-state index in [2.05, 4.69) is 6.92 Å². The van der Waals surface area contributed by atoms with Crippen molar-refractivity contribution in [3.63, 3.8) is 0 Å². The molecule has 92 valence electrons. The van der Waals surface area contributed by atoms with Crippen molar-refractivity contribution in [2.45, 2.75) is 46.5 Å². The first-order valence-corrected chi connectivity index (χ1v) is 6.70. The molecule has 1 aliphatic carbocycles. The highest BCUT2D eigenvalue weighted by Crippen LogP contribution is 2.32. The van der Waals surface area contributed by atoms with Crippen LogP contribution in [0.3, 0.4) is 0 Å². The summed E-state index contributed by atoms with van der Waals surface area (Å²) in [5.41, 5.74) is 3.24. The number of hydrogen-bond donors (Lipinski definition) is 0. The Morgan fingerprint density at radius 3 is 2.41 bits per heavy atom. The van der Waals surface area contributed by atoms with E-state index in [9.17, 15) is 4.79 Å². The first-order valence-electron chi connectivity index (χ1n) is 6.70. The van der Waals surface area contributed by atoms with Gasteiger partial charge in [-0.25, -0.2) is 0 Å². The SMILES string of the molecule is Cc1cccc(C)c1C(=O)C1CCCC(C)C1. The average Bonchev–Trinajstić information content (AvgIpc) is 2.28. The van der Waals surface area contributed by atoms with Crippen LogP contribution in [0.5, 0.6) is 0 Å². The van der Waals surface area contributed by atoms with Gasteiger partial charge < -0.3 is 0 Å². The van der Waals surface area contributed by atoms with E-state index in [-0.39, 0.29) is 5.92 Å². The Labute approximate surface area is 104 Å². The summed E-state index contributed by atoms with van der Waals surface area (Å²) < 4.78 is 0. The number of Topliss-reactive ketones (excluding diaryl/α,β-unsaturated/α-hetero) is 1. The fourth-order valence-corrected chi connectivity index (χ4v) is 3.08. The molecule has 2 rings (SSSR count). The molecule has 2 unspecified atom stereocenters. The summed E-state index contributed by atoms with van der Waals surface area (Å²) in [6, 6.07) is 6.13. The lowest BCUT2D eigenvalue weighted by atomic mass is 9.77. The van der Waals surface area contributed by atoms with Crippen molar-refractivity contribution in [3.8, 4) is 0 Å². The Morgan fingerprint density at radius 2 is 1.82 bits per heavy atom. The number of carbonyl (C=O) groups is 1. The van der Waals surface area contributed by atoms with E-state index < -0.39 is 0 Å². The summed E-state index contributed by atoms with van der Waals surface area (Å²) in [7, 11) is 0. The molecule has 1 heteroatoms. The second-order valence-electron chi connectivity index (χ2n) is 5.60. The van der Waals surface area contributed by atoms with Crippen LogP contribution in [0, 0.1) is 25.7 Å². The molecule has 1 aliphatic rings. The topological polar surface area (TPSA) is 17.1 Å². The monoisotopic (exact) mass is 230 g/mol. The minimum Gasteiger partial charge on any atom is -0.294 e. The minimum atomic E-state index is 0.263. The van der Waals surface area contributed by atoms with Gasteiger partial charge in [0, 0.05) is 11.5 Å². The lowest BCUT2D eigenvalue weighted by Crippen LogP contribution is -2.23. The third kappa shape index (κ3) is 2.59. The quantitative estimate of drug-likeness (QED) is 0.692. The van der Waals surface area contributed by atoms with Crippen LogP contribution in [0.1, 0.15) is 54.1 Å². The van der Waals surface area contributed by atoms with E-state index in [0.29, 0.717) is 11.7 Å². The Hall–Kier alpha value is -1.11. The Kier molecular flexibility index (Phi) is 3.66. The summed E-state index contributed by atoms with van der Waals surface area (Å²) in [6.07, 6.45) is 4.66. The van der Waals surface area contributed by atoms with Gasteiger partial charge in [0.2, 0.25) is 0 Å². The molecule has 0 radical (unpaired) electrons. The molecule has 0 amide bonds. The van der Waals surface area contributed by atoms with Gasteiger partial charge in [-0.3, -0.25) is 4.79 Å². The van der Waals surface area contributed by atoms with Crippen molar-refractivity contribution < 1.29 is 4.79 Å². The number of carbonyl (C=O) groups excluding carboxylic acids is 1. The van der Waals surface area contributed by atoms with Crippen LogP contribution < -0.4 is 0 Å². The van der Waals surface area contributed by atoms with Crippen molar-refractivity contribution in [3.05, 3.63) is 34.9 Å². The molecule has 2 atom stereocenters. The molecule has 0 N–H and O–H groups in total. The third-order valence-electron chi connectivity index (χ3n) is 4.03. The van der Waals surface area contributed by atoms with E-state index >= 15 is 0 Å².